The van der Waals surface area contributed by atoms with E-state index >= 15 is 0 Å². The van der Waals surface area contributed by atoms with Gasteiger partial charge in [0.1, 0.15) is 5.60 Å². The Kier molecular flexibility index (Phi) is 3.64. The largest absolute Gasteiger partial charge is 0.444 e. The Morgan fingerprint density at radius 2 is 2.05 bits per heavy atom. The average molecular weight is 353 g/mol. The fourth-order valence-corrected chi connectivity index (χ4v) is 3.44. The van der Waals surface area contributed by atoms with Crippen LogP contribution in [0.1, 0.15) is 20.8 Å². The molecule has 2 atom stereocenters. The molecule has 2 fully saturated rings. The van der Waals surface area contributed by atoms with Gasteiger partial charge in [-0.15, -0.1) is 0 Å². The second kappa shape index (κ2) is 5.20. The molecule has 1 amide bonds. The van der Waals surface area contributed by atoms with E-state index in [-0.39, 0.29) is 6.09 Å². The zero-order chi connectivity index (χ0) is 15.2. The Morgan fingerprint density at radius 1 is 1.29 bits per heavy atom. The first-order valence-corrected chi connectivity index (χ1v) is 8.13. The summed E-state index contributed by atoms with van der Waals surface area (Å²) in [7, 11) is 0. The predicted molar refractivity (Wildman–Crippen MR) is 86.6 cm³/mol. The lowest BCUT2D eigenvalue weighted by atomic mass is 9.93. The van der Waals surface area contributed by atoms with Gasteiger partial charge in [0.05, 0.1) is 6.04 Å². The van der Waals surface area contributed by atoms with Crippen molar-refractivity contribution in [2.75, 3.05) is 24.5 Å². The van der Waals surface area contributed by atoms with Crippen LogP contribution < -0.4 is 4.90 Å². The smallest absolute Gasteiger partial charge is 0.410 e. The highest BCUT2D eigenvalue weighted by Gasteiger charge is 2.49. The maximum atomic E-state index is 12.2. The van der Waals surface area contributed by atoms with Crippen LogP contribution in [-0.4, -0.2) is 42.3 Å². The average Bonchev–Trinajstić information content (AvgIpc) is 2.65. The second-order valence-electron chi connectivity index (χ2n) is 6.84. The molecule has 5 heteroatoms. The minimum Gasteiger partial charge on any atom is -0.444 e. The number of anilines is 1. The molecule has 3 rings (SSSR count). The molecule has 21 heavy (non-hydrogen) atoms. The highest BCUT2D eigenvalue weighted by molar-refractivity contribution is 9.10. The van der Waals surface area contributed by atoms with Crippen molar-refractivity contribution < 1.29 is 9.53 Å². The normalized spacial score (nSPS) is 24.6. The number of fused-ring (bicyclic) bond motifs is 1. The first-order valence-electron chi connectivity index (χ1n) is 7.33. The molecule has 1 aromatic rings. The van der Waals surface area contributed by atoms with E-state index in [1.54, 1.807) is 0 Å². The number of carbonyl (C=O) groups is 1. The zero-order valence-corrected chi connectivity index (χ0v) is 14.3. The third-order valence-corrected chi connectivity index (χ3v) is 4.53. The number of amides is 1. The van der Waals surface area contributed by atoms with Crippen molar-refractivity contribution in [3.8, 4) is 0 Å². The molecule has 0 radical (unpaired) electrons. The van der Waals surface area contributed by atoms with Gasteiger partial charge in [0.15, 0.2) is 0 Å². The lowest BCUT2D eigenvalue weighted by molar-refractivity contribution is -0.0163. The molecule has 2 aliphatic heterocycles. The lowest BCUT2D eigenvalue weighted by Gasteiger charge is -2.43. The summed E-state index contributed by atoms with van der Waals surface area (Å²) in [4.78, 5) is 16.4. The number of carbonyl (C=O) groups excluding carboxylic acids is 1. The molecule has 4 nitrogen and oxygen atoms in total. The second-order valence-corrected chi connectivity index (χ2v) is 7.76. The number of likely N-dealkylation sites (tertiary alicyclic amines) is 1. The van der Waals surface area contributed by atoms with Gasteiger partial charge in [-0.2, -0.15) is 0 Å². The number of ether oxygens (including phenoxy) is 1. The Morgan fingerprint density at radius 3 is 2.71 bits per heavy atom. The van der Waals surface area contributed by atoms with E-state index < -0.39 is 5.60 Å². The number of benzene rings is 1. The van der Waals surface area contributed by atoms with Gasteiger partial charge >= 0.3 is 6.09 Å². The lowest BCUT2D eigenvalue weighted by Crippen LogP contribution is -2.59. The van der Waals surface area contributed by atoms with E-state index in [2.05, 4.69) is 33.0 Å². The van der Waals surface area contributed by atoms with Crippen LogP contribution in [0.4, 0.5) is 10.5 Å². The summed E-state index contributed by atoms with van der Waals surface area (Å²) in [6.45, 7) is 8.44. The van der Waals surface area contributed by atoms with Crippen molar-refractivity contribution in [3.63, 3.8) is 0 Å². The van der Waals surface area contributed by atoms with Crippen molar-refractivity contribution in [2.45, 2.75) is 32.4 Å². The van der Waals surface area contributed by atoms with Crippen molar-refractivity contribution in [3.05, 3.63) is 28.7 Å². The minimum absolute atomic E-state index is 0.181. The summed E-state index contributed by atoms with van der Waals surface area (Å²) in [6.07, 6.45) is -0.181. The number of hydrogen-bond acceptors (Lipinski definition) is 3. The summed E-state index contributed by atoms with van der Waals surface area (Å²) in [6, 6.07) is 8.61. The molecule has 0 spiro atoms. The van der Waals surface area contributed by atoms with Crippen LogP contribution in [0.5, 0.6) is 0 Å². The fourth-order valence-electron chi connectivity index (χ4n) is 3.05. The van der Waals surface area contributed by atoms with Crippen LogP contribution in [0.2, 0.25) is 0 Å². The molecule has 2 aliphatic rings. The predicted octanol–water partition coefficient (Wildman–Crippen LogP) is 3.50. The van der Waals surface area contributed by atoms with E-state index in [1.807, 2.05) is 37.8 Å². The fraction of sp³-hybridized carbons (Fsp3) is 0.562. The van der Waals surface area contributed by atoms with Crippen molar-refractivity contribution >= 4 is 27.7 Å². The molecule has 0 aromatic heterocycles. The third kappa shape index (κ3) is 3.03. The molecule has 2 unspecified atom stereocenters. The van der Waals surface area contributed by atoms with Crippen LogP contribution >= 0.6 is 15.9 Å². The first-order chi connectivity index (χ1) is 9.83. The van der Waals surface area contributed by atoms with Crippen LogP contribution in [0, 0.1) is 5.92 Å². The number of nitrogens with zero attached hydrogens (tertiary/aromatic N) is 2. The molecule has 0 aliphatic carbocycles. The van der Waals surface area contributed by atoms with Gasteiger partial charge in [0, 0.05) is 35.7 Å². The maximum Gasteiger partial charge on any atom is 0.410 e. The van der Waals surface area contributed by atoms with Crippen LogP contribution in [0.15, 0.2) is 28.7 Å². The zero-order valence-electron chi connectivity index (χ0n) is 12.7. The number of hydrogen-bond donors (Lipinski definition) is 0. The molecular formula is C16H21BrN2O2. The van der Waals surface area contributed by atoms with Crippen molar-refractivity contribution in [2.24, 2.45) is 5.92 Å². The first kappa shape index (κ1) is 14.7. The van der Waals surface area contributed by atoms with Gasteiger partial charge in [0.25, 0.3) is 0 Å². The highest BCUT2D eigenvalue weighted by Crippen LogP contribution is 2.36. The van der Waals surface area contributed by atoms with E-state index in [0.717, 1.165) is 24.1 Å². The van der Waals surface area contributed by atoms with Crippen LogP contribution in [-0.2, 0) is 4.74 Å². The van der Waals surface area contributed by atoms with Crippen molar-refractivity contribution in [1.29, 1.82) is 0 Å². The molecule has 0 N–H and O–H groups in total. The summed E-state index contributed by atoms with van der Waals surface area (Å²) in [5.41, 5.74) is 0.785. The minimum atomic E-state index is -0.426. The molecule has 2 saturated heterocycles. The summed E-state index contributed by atoms with van der Waals surface area (Å²) in [5.74, 6) is 0.566. The Labute approximate surface area is 134 Å². The Hall–Kier alpha value is -1.23. The van der Waals surface area contributed by atoms with Gasteiger partial charge < -0.3 is 14.5 Å². The highest BCUT2D eigenvalue weighted by atomic mass is 79.9. The van der Waals surface area contributed by atoms with E-state index in [1.165, 1.54) is 5.69 Å². The standard InChI is InChI=1S/C16H21BrN2O2/c1-16(2,3)21-15(20)19-9-11-8-18(10-14(11)19)13-6-4-5-12(17)7-13/h4-7,11,14H,8-10H2,1-3H3. The monoisotopic (exact) mass is 352 g/mol. The Bertz CT molecular complexity index is 555. The van der Waals surface area contributed by atoms with Gasteiger partial charge in [-0.05, 0) is 39.0 Å². The Balaban J connectivity index is 1.64. The van der Waals surface area contributed by atoms with Gasteiger partial charge in [-0.3, -0.25) is 0 Å². The van der Waals surface area contributed by atoms with Crippen LogP contribution in [0.25, 0.3) is 0 Å². The summed E-state index contributed by atoms with van der Waals surface area (Å²) in [5, 5.41) is 0. The summed E-state index contributed by atoms with van der Waals surface area (Å²) < 4.78 is 6.56. The van der Waals surface area contributed by atoms with Crippen molar-refractivity contribution in [1.82, 2.24) is 4.90 Å². The van der Waals surface area contributed by atoms with Crippen LogP contribution in [0.3, 0.4) is 0 Å². The molecule has 1 aromatic carbocycles. The van der Waals surface area contributed by atoms with Gasteiger partial charge in [-0.1, -0.05) is 22.0 Å². The quantitative estimate of drug-likeness (QED) is 0.775. The molecular weight excluding hydrogens is 332 g/mol. The maximum absolute atomic E-state index is 12.2. The SMILES string of the molecule is CC(C)(C)OC(=O)N1CC2CN(c3cccc(Br)c3)CC21. The molecule has 2 heterocycles. The topological polar surface area (TPSA) is 32.8 Å². The molecule has 0 bridgehead atoms. The van der Waals surface area contributed by atoms with Gasteiger partial charge in [-0.25, -0.2) is 4.79 Å². The third-order valence-electron chi connectivity index (χ3n) is 4.04. The molecule has 114 valence electrons. The number of halogens is 1. The summed E-state index contributed by atoms with van der Waals surface area (Å²) >= 11 is 3.51. The molecule has 0 saturated carbocycles. The number of rotatable bonds is 1. The van der Waals surface area contributed by atoms with E-state index in [0.29, 0.717) is 12.0 Å². The van der Waals surface area contributed by atoms with E-state index in [9.17, 15) is 4.79 Å². The van der Waals surface area contributed by atoms with Gasteiger partial charge in [0.2, 0.25) is 0 Å². The van der Waals surface area contributed by atoms with E-state index in [4.69, 9.17) is 4.74 Å².